The number of rotatable bonds is 3. The first-order valence-electron chi connectivity index (χ1n) is 9.48. The van der Waals surface area contributed by atoms with E-state index in [9.17, 15) is 9.18 Å². The third-order valence-electron chi connectivity index (χ3n) is 5.24. The van der Waals surface area contributed by atoms with Crippen LogP contribution >= 0.6 is 11.3 Å². The van der Waals surface area contributed by atoms with Crippen molar-refractivity contribution in [2.75, 3.05) is 26.3 Å². The highest BCUT2D eigenvalue weighted by molar-refractivity contribution is 7.13. The van der Waals surface area contributed by atoms with Crippen LogP contribution in [0.4, 0.5) is 4.39 Å². The summed E-state index contributed by atoms with van der Waals surface area (Å²) in [5.74, 6) is -0.412. The van der Waals surface area contributed by atoms with Crippen LogP contribution in [0.1, 0.15) is 23.5 Å². The molecule has 2 aromatic heterocycles. The van der Waals surface area contributed by atoms with Gasteiger partial charge in [-0.1, -0.05) is 6.07 Å². The summed E-state index contributed by atoms with van der Waals surface area (Å²) in [6, 6.07) is 9.80. The molecule has 0 unspecified atom stereocenters. The van der Waals surface area contributed by atoms with Crippen molar-refractivity contribution in [2.45, 2.75) is 18.6 Å². The van der Waals surface area contributed by atoms with Gasteiger partial charge in [-0.15, -0.1) is 16.4 Å². The zero-order valence-electron chi connectivity index (χ0n) is 15.6. The minimum absolute atomic E-state index is 0.127. The van der Waals surface area contributed by atoms with Crippen LogP contribution in [0.3, 0.4) is 0 Å². The molecule has 7 nitrogen and oxygen atoms in total. The third kappa shape index (κ3) is 3.45. The van der Waals surface area contributed by atoms with Gasteiger partial charge in [-0.2, -0.15) is 0 Å². The smallest absolute Gasteiger partial charge is 0.293 e. The maximum atomic E-state index is 13.4. The molecule has 0 atom stereocenters. The fourth-order valence-electron chi connectivity index (χ4n) is 3.71. The van der Waals surface area contributed by atoms with Gasteiger partial charge in [0.05, 0.1) is 23.8 Å². The van der Waals surface area contributed by atoms with E-state index >= 15 is 0 Å². The SMILES string of the molecule is O=C(c1nc(-c2cccs2)n(-c2ccc(F)cc2)n1)N1CCC2(CC1)OCCO2. The Hall–Kier alpha value is -2.62. The van der Waals surface area contributed by atoms with Crippen LogP contribution < -0.4 is 0 Å². The van der Waals surface area contributed by atoms with Crippen LogP contribution in [0.5, 0.6) is 0 Å². The van der Waals surface area contributed by atoms with Gasteiger partial charge in [0.2, 0.25) is 5.82 Å². The Morgan fingerprint density at radius 2 is 1.83 bits per heavy atom. The number of carbonyl (C=O) groups excluding carboxylic acids is 1. The summed E-state index contributed by atoms with van der Waals surface area (Å²) in [4.78, 5) is 20.2. The van der Waals surface area contributed by atoms with Gasteiger partial charge in [0.1, 0.15) is 5.82 Å². The molecule has 150 valence electrons. The predicted octanol–water partition coefficient (Wildman–Crippen LogP) is 3.11. The number of hydrogen-bond acceptors (Lipinski definition) is 6. The summed E-state index contributed by atoms with van der Waals surface area (Å²) in [6.45, 7) is 2.25. The van der Waals surface area contributed by atoms with Gasteiger partial charge in [0.25, 0.3) is 5.91 Å². The van der Waals surface area contributed by atoms with Crippen molar-refractivity contribution in [1.82, 2.24) is 19.7 Å². The second-order valence-corrected chi connectivity index (χ2v) is 7.97. The highest BCUT2D eigenvalue weighted by Crippen LogP contribution is 2.32. The average molecular weight is 414 g/mol. The topological polar surface area (TPSA) is 69.5 Å². The maximum absolute atomic E-state index is 13.4. The largest absolute Gasteiger partial charge is 0.347 e. The molecule has 9 heteroatoms. The van der Waals surface area contributed by atoms with E-state index in [2.05, 4.69) is 10.1 Å². The molecule has 1 spiro atoms. The minimum atomic E-state index is -0.542. The molecule has 2 saturated heterocycles. The number of likely N-dealkylation sites (tertiary alicyclic amines) is 1. The first kappa shape index (κ1) is 18.4. The quantitative estimate of drug-likeness (QED) is 0.659. The number of hydrogen-bond donors (Lipinski definition) is 0. The number of halogens is 1. The Bertz CT molecular complexity index is 1000. The number of ether oxygens (including phenoxy) is 2. The number of aromatic nitrogens is 3. The summed E-state index contributed by atoms with van der Waals surface area (Å²) in [5, 5.41) is 6.40. The standard InChI is InChI=1S/C20H19FN4O3S/c21-14-3-5-15(6-4-14)25-18(16-2-1-13-29-16)22-17(23-25)19(26)24-9-7-20(8-10-24)27-11-12-28-20/h1-6,13H,7-12H2. The van der Waals surface area contributed by atoms with Crippen LogP contribution in [0.2, 0.25) is 0 Å². The monoisotopic (exact) mass is 414 g/mol. The molecule has 0 aliphatic carbocycles. The molecule has 29 heavy (non-hydrogen) atoms. The fourth-order valence-corrected chi connectivity index (χ4v) is 4.41. The van der Waals surface area contributed by atoms with Crippen LogP contribution in [0.15, 0.2) is 41.8 Å². The second kappa shape index (κ2) is 7.33. The lowest BCUT2D eigenvalue weighted by Crippen LogP contribution is -2.47. The normalized spacial score (nSPS) is 18.4. The van der Waals surface area contributed by atoms with E-state index in [0.717, 1.165) is 4.88 Å². The molecule has 0 N–H and O–H groups in total. The molecule has 0 radical (unpaired) electrons. The van der Waals surface area contributed by atoms with E-state index in [1.54, 1.807) is 21.7 Å². The summed E-state index contributed by atoms with van der Waals surface area (Å²) in [6.07, 6.45) is 1.27. The highest BCUT2D eigenvalue weighted by atomic mass is 32.1. The molecule has 1 amide bonds. The van der Waals surface area contributed by atoms with Gasteiger partial charge in [0.15, 0.2) is 11.6 Å². The molecular formula is C20H19FN4O3S. The molecule has 2 aliphatic heterocycles. The van der Waals surface area contributed by atoms with E-state index < -0.39 is 5.79 Å². The number of benzene rings is 1. The Morgan fingerprint density at radius 1 is 1.10 bits per heavy atom. The van der Waals surface area contributed by atoms with E-state index in [-0.39, 0.29) is 17.5 Å². The zero-order chi connectivity index (χ0) is 19.8. The Labute approximate surface area is 170 Å². The van der Waals surface area contributed by atoms with E-state index in [4.69, 9.17) is 9.47 Å². The van der Waals surface area contributed by atoms with E-state index in [1.807, 2.05) is 17.5 Å². The predicted molar refractivity (Wildman–Crippen MR) is 104 cm³/mol. The van der Waals surface area contributed by atoms with Gasteiger partial charge in [0, 0.05) is 25.9 Å². The van der Waals surface area contributed by atoms with Crippen LogP contribution in [0, 0.1) is 5.82 Å². The number of amides is 1. The second-order valence-electron chi connectivity index (χ2n) is 7.02. The maximum Gasteiger partial charge on any atom is 0.293 e. The van der Waals surface area contributed by atoms with Crippen molar-refractivity contribution in [3.05, 3.63) is 53.4 Å². The van der Waals surface area contributed by atoms with Gasteiger partial charge in [-0.3, -0.25) is 4.79 Å². The lowest BCUT2D eigenvalue weighted by Gasteiger charge is -2.37. The molecule has 2 fully saturated rings. The molecule has 3 aromatic rings. The molecule has 2 aliphatic rings. The highest BCUT2D eigenvalue weighted by Gasteiger charge is 2.41. The fraction of sp³-hybridized carbons (Fsp3) is 0.350. The van der Waals surface area contributed by atoms with Crippen molar-refractivity contribution >= 4 is 17.2 Å². The van der Waals surface area contributed by atoms with Gasteiger partial charge < -0.3 is 14.4 Å². The summed E-state index contributed by atoms with van der Waals surface area (Å²) in [5.41, 5.74) is 0.645. The van der Waals surface area contributed by atoms with Crippen LogP contribution in [0.25, 0.3) is 16.4 Å². The number of carbonyl (C=O) groups is 1. The van der Waals surface area contributed by atoms with Crippen LogP contribution in [-0.4, -0.2) is 57.7 Å². The van der Waals surface area contributed by atoms with E-state index in [1.165, 1.54) is 23.5 Å². The van der Waals surface area contributed by atoms with Crippen molar-refractivity contribution < 1.29 is 18.7 Å². The van der Waals surface area contributed by atoms with Crippen LogP contribution in [-0.2, 0) is 9.47 Å². The first-order valence-corrected chi connectivity index (χ1v) is 10.4. The van der Waals surface area contributed by atoms with Gasteiger partial charge in [-0.05, 0) is 35.7 Å². The Morgan fingerprint density at radius 3 is 2.48 bits per heavy atom. The third-order valence-corrected chi connectivity index (χ3v) is 6.10. The molecular weight excluding hydrogens is 395 g/mol. The minimum Gasteiger partial charge on any atom is -0.347 e. The van der Waals surface area contributed by atoms with Crippen molar-refractivity contribution in [1.29, 1.82) is 0 Å². The lowest BCUT2D eigenvalue weighted by atomic mass is 10.0. The number of piperidine rings is 1. The lowest BCUT2D eigenvalue weighted by molar-refractivity contribution is -0.181. The zero-order valence-corrected chi connectivity index (χ0v) is 16.4. The van der Waals surface area contributed by atoms with Gasteiger partial charge in [-0.25, -0.2) is 14.1 Å². The molecule has 1 aromatic carbocycles. The molecule has 0 saturated carbocycles. The van der Waals surface area contributed by atoms with Crippen molar-refractivity contribution in [3.63, 3.8) is 0 Å². The van der Waals surface area contributed by atoms with Crippen molar-refractivity contribution in [2.24, 2.45) is 0 Å². The summed E-state index contributed by atoms with van der Waals surface area (Å²) in [7, 11) is 0. The number of thiophene rings is 1. The molecule has 5 rings (SSSR count). The average Bonchev–Trinajstić information content (AvgIpc) is 3.49. The summed E-state index contributed by atoms with van der Waals surface area (Å²) >= 11 is 1.51. The first-order chi connectivity index (χ1) is 14.1. The van der Waals surface area contributed by atoms with E-state index in [0.29, 0.717) is 50.7 Å². The Kier molecular flexibility index (Phi) is 4.65. The molecule has 0 bridgehead atoms. The Balaban J connectivity index is 1.44. The molecule has 4 heterocycles. The summed E-state index contributed by atoms with van der Waals surface area (Å²) < 4.78 is 26.4. The van der Waals surface area contributed by atoms with Crippen molar-refractivity contribution in [3.8, 4) is 16.4 Å². The number of nitrogens with zero attached hydrogens (tertiary/aromatic N) is 4. The van der Waals surface area contributed by atoms with Gasteiger partial charge >= 0.3 is 0 Å².